The van der Waals surface area contributed by atoms with Crippen LogP contribution in [0.25, 0.3) is 11.3 Å². The summed E-state index contributed by atoms with van der Waals surface area (Å²) in [6.45, 7) is 4.03. The summed E-state index contributed by atoms with van der Waals surface area (Å²) in [5.41, 5.74) is 9.76. The van der Waals surface area contributed by atoms with Crippen LogP contribution in [-0.2, 0) is 0 Å². The highest BCUT2D eigenvalue weighted by atomic mass is 35.5. The third-order valence-electron chi connectivity index (χ3n) is 2.47. The number of nitrogens with one attached hydrogen (secondary N) is 1. The summed E-state index contributed by atoms with van der Waals surface area (Å²) < 4.78 is 0. The van der Waals surface area contributed by atoms with E-state index >= 15 is 0 Å². The highest BCUT2D eigenvalue weighted by molar-refractivity contribution is 6.31. The van der Waals surface area contributed by atoms with E-state index in [4.69, 9.17) is 17.3 Å². The zero-order valence-corrected chi connectivity index (χ0v) is 9.39. The Morgan fingerprint density at radius 3 is 2.67 bits per heavy atom. The first-order valence-corrected chi connectivity index (χ1v) is 5.04. The van der Waals surface area contributed by atoms with Gasteiger partial charge in [-0.2, -0.15) is 5.10 Å². The Balaban J connectivity index is 2.66. The van der Waals surface area contributed by atoms with E-state index in [9.17, 15) is 0 Å². The van der Waals surface area contributed by atoms with E-state index < -0.39 is 0 Å². The van der Waals surface area contributed by atoms with Crippen molar-refractivity contribution in [1.82, 2.24) is 10.2 Å². The molecule has 0 saturated carbocycles. The van der Waals surface area contributed by atoms with Crippen molar-refractivity contribution in [2.24, 2.45) is 0 Å². The van der Waals surface area contributed by atoms with Gasteiger partial charge < -0.3 is 5.73 Å². The number of halogens is 1. The molecule has 0 spiro atoms. The Labute approximate surface area is 93.3 Å². The van der Waals surface area contributed by atoms with Gasteiger partial charge in [0.15, 0.2) is 0 Å². The molecule has 1 aromatic heterocycles. The van der Waals surface area contributed by atoms with Crippen molar-refractivity contribution >= 4 is 17.4 Å². The fourth-order valence-electron chi connectivity index (χ4n) is 1.70. The number of nitrogens with two attached hydrogens (primary N) is 1. The number of hydrogen-bond donors (Lipinski definition) is 2. The highest BCUT2D eigenvalue weighted by Crippen LogP contribution is 2.30. The number of aryl methyl sites for hydroxylation is 1. The lowest BCUT2D eigenvalue weighted by Crippen LogP contribution is -1.89. The predicted molar refractivity (Wildman–Crippen MR) is 62.9 cm³/mol. The van der Waals surface area contributed by atoms with Gasteiger partial charge in [-0.1, -0.05) is 17.7 Å². The van der Waals surface area contributed by atoms with Gasteiger partial charge >= 0.3 is 0 Å². The van der Waals surface area contributed by atoms with Gasteiger partial charge in [-0.15, -0.1) is 0 Å². The summed E-state index contributed by atoms with van der Waals surface area (Å²) in [4.78, 5) is 0. The zero-order chi connectivity index (χ0) is 11.0. The quantitative estimate of drug-likeness (QED) is 0.778. The maximum atomic E-state index is 6.08. The standard InChI is InChI=1S/C11H12ClN3/c1-6-3-4-8(12)7(2)11(6)9-5-10(13)15-14-9/h3-5H,1-2H3,(H3,13,14,15). The van der Waals surface area contributed by atoms with E-state index in [-0.39, 0.29) is 0 Å². The van der Waals surface area contributed by atoms with Crippen LogP contribution in [0.4, 0.5) is 5.82 Å². The van der Waals surface area contributed by atoms with Gasteiger partial charge in [0, 0.05) is 16.7 Å². The molecule has 0 bridgehead atoms. The third-order valence-corrected chi connectivity index (χ3v) is 2.88. The monoisotopic (exact) mass is 221 g/mol. The lowest BCUT2D eigenvalue weighted by atomic mass is 10.0. The molecule has 3 nitrogen and oxygen atoms in total. The van der Waals surface area contributed by atoms with E-state index in [0.717, 1.165) is 27.4 Å². The van der Waals surface area contributed by atoms with Crippen molar-refractivity contribution in [2.75, 3.05) is 5.73 Å². The number of nitrogen functional groups attached to an aromatic ring is 1. The second-order valence-corrected chi connectivity index (χ2v) is 3.98. The molecule has 1 aromatic carbocycles. The number of nitrogens with zero attached hydrogens (tertiary/aromatic N) is 1. The van der Waals surface area contributed by atoms with E-state index in [1.165, 1.54) is 0 Å². The molecule has 0 fully saturated rings. The summed E-state index contributed by atoms with van der Waals surface area (Å²) >= 11 is 6.08. The van der Waals surface area contributed by atoms with Crippen LogP contribution >= 0.6 is 11.6 Å². The van der Waals surface area contributed by atoms with Crippen LogP contribution in [0.1, 0.15) is 11.1 Å². The minimum Gasteiger partial charge on any atom is -0.382 e. The summed E-state index contributed by atoms with van der Waals surface area (Å²) in [7, 11) is 0. The van der Waals surface area contributed by atoms with E-state index in [1.54, 1.807) is 0 Å². The zero-order valence-electron chi connectivity index (χ0n) is 8.63. The second kappa shape index (κ2) is 3.59. The topological polar surface area (TPSA) is 54.7 Å². The number of benzene rings is 1. The van der Waals surface area contributed by atoms with Gasteiger partial charge in [0.1, 0.15) is 5.82 Å². The van der Waals surface area contributed by atoms with Gasteiger partial charge in [-0.25, -0.2) is 0 Å². The summed E-state index contributed by atoms with van der Waals surface area (Å²) in [5.74, 6) is 0.490. The molecule has 3 N–H and O–H groups in total. The van der Waals surface area contributed by atoms with Crippen molar-refractivity contribution in [2.45, 2.75) is 13.8 Å². The Hall–Kier alpha value is -1.48. The Morgan fingerprint density at radius 2 is 2.07 bits per heavy atom. The molecule has 2 rings (SSSR count). The fraction of sp³-hybridized carbons (Fsp3) is 0.182. The highest BCUT2D eigenvalue weighted by Gasteiger charge is 2.10. The minimum absolute atomic E-state index is 0.490. The maximum Gasteiger partial charge on any atom is 0.145 e. The molecular formula is C11H12ClN3. The number of rotatable bonds is 1. The number of aromatic amines is 1. The molecule has 0 aliphatic carbocycles. The predicted octanol–water partition coefficient (Wildman–Crippen LogP) is 2.93. The number of anilines is 1. The lowest BCUT2D eigenvalue weighted by molar-refractivity contribution is 1.10. The van der Waals surface area contributed by atoms with Gasteiger partial charge in [0.2, 0.25) is 0 Å². The van der Waals surface area contributed by atoms with Crippen LogP contribution in [-0.4, -0.2) is 10.2 Å². The Kier molecular flexibility index (Phi) is 2.40. The first kappa shape index (κ1) is 10.1. The normalized spacial score (nSPS) is 10.6. The number of H-pyrrole nitrogens is 1. The van der Waals surface area contributed by atoms with E-state index in [1.807, 2.05) is 32.0 Å². The van der Waals surface area contributed by atoms with Crippen LogP contribution < -0.4 is 5.73 Å². The molecule has 0 atom stereocenters. The molecule has 0 aliphatic heterocycles. The average molecular weight is 222 g/mol. The lowest BCUT2D eigenvalue weighted by Gasteiger charge is -2.08. The van der Waals surface area contributed by atoms with E-state index in [2.05, 4.69) is 10.2 Å². The van der Waals surface area contributed by atoms with Gasteiger partial charge in [0.25, 0.3) is 0 Å². The SMILES string of the molecule is Cc1ccc(Cl)c(C)c1-c1cc(N)n[nH]1. The van der Waals surface area contributed by atoms with Crippen molar-refractivity contribution < 1.29 is 0 Å². The molecule has 0 aliphatic rings. The average Bonchev–Trinajstić information content (AvgIpc) is 2.59. The molecule has 0 unspecified atom stereocenters. The molecule has 0 saturated heterocycles. The number of hydrogen-bond acceptors (Lipinski definition) is 2. The molecule has 78 valence electrons. The Bertz CT molecular complexity index is 503. The summed E-state index contributed by atoms with van der Waals surface area (Å²) in [6, 6.07) is 5.70. The molecule has 1 heterocycles. The Morgan fingerprint density at radius 1 is 1.33 bits per heavy atom. The molecular weight excluding hydrogens is 210 g/mol. The van der Waals surface area contributed by atoms with Gasteiger partial charge in [-0.3, -0.25) is 5.10 Å². The largest absolute Gasteiger partial charge is 0.382 e. The van der Waals surface area contributed by atoms with Crippen LogP contribution in [0.3, 0.4) is 0 Å². The van der Waals surface area contributed by atoms with Crippen LogP contribution in [0, 0.1) is 13.8 Å². The molecule has 0 radical (unpaired) electrons. The molecule has 15 heavy (non-hydrogen) atoms. The van der Waals surface area contributed by atoms with Crippen LogP contribution in [0.5, 0.6) is 0 Å². The minimum atomic E-state index is 0.490. The maximum absolute atomic E-state index is 6.08. The van der Waals surface area contributed by atoms with Crippen molar-refractivity contribution in [3.63, 3.8) is 0 Å². The van der Waals surface area contributed by atoms with Gasteiger partial charge in [-0.05, 0) is 31.0 Å². The number of aromatic nitrogens is 2. The van der Waals surface area contributed by atoms with Crippen molar-refractivity contribution in [3.8, 4) is 11.3 Å². The van der Waals surface area contributed by atoms with Gasteiger partial charge in [0.05, 0.1) is 5.69 Å². The van der Waals surface area contributed by atoms with Crippen LogP contribution in [0.15, 0.2) is 18.2 Å². The third kappa shape index (κ3) is 1.70. The first-order valence-electron chi connectivity index (χ1n) is 4.66. The second-order valence-electron chi connectivity index (χ2n) is 3.57. The van der Waals surface area contributed by atoms with Crippen molar-refractivity contribution in [1.29, 1.82) is 0 Å². The molecule has 2 aromatic rings. The van der Waals surface area contributed by atoms with E-state index in [0.29, 0.717) is 5.82 Å². The molecule has 0 amide bonds. The smallest absolute Gasteiger partial charge is 0.145 e. The summed E-state index contributed by atoms with van der Waals surface area (Å²) in [6.07, 6.45) is 0. The fourth-order valence-corrected chi connectivity index (χ4v) is 1.86. The van der Waals surface area contributed by atoms with Crippen molar-refractivity contribution in [3.05, 3.63) is 34.3 Å². The summed E-state index contributed by atoms with van der Waals surface area (Å²) in [5, 5.41) is 7.57. The first-order chi connectivity index (χ1) is 7.09. The van der Waals surface area contributed by atoms with Crippen LogP contribution in [0.2, 0.25) is 5.02 Å². The molecule has 4 heteroatoms.